The molecule has 0 aliphatic rings. The minimum Gasteiger partial charge on any atom is -0.303 e. The number of hydrogen-bond donors (Lipinski definition) is 0. The Labute approximate surface area is 79.1 Å². The molecule has 1 unspecified atom stereocenters. The maximum Gasteiger partial charge on any atom is 0.120 e. The summed E-state index contributed by atoms with van der Waals surface area (Å²) in [6.45, 7) is 1.97. The van der Waals surface area contributed by atoms with Crippen LogP contribution in [0.4, 0.5) is 0 Å². The highest BCUT2D eigenvalue weighted by Crippen LogP contribution is 2.19. The molecule has 1 aromatic rings. The van der Waals surface area contributed by atoms with Gasteiger partial charge in [0.15, 0.2) is 0 Å². The molecule has 0 bridgehead atoms. The quantitative estimate of drug-likeness (QED) is 0.506. The number of carbonyl (C=O) groups excluding carboxylic acids is 1. The Morgan fingerprint density at radius 2 is 2.00 bits per heavy atom. The average Bonchev–Trinajstić information content (AvgIpc) is 2.19. The second-order valence-electron chi connectivity index (χ2n) is 2.95. The van der Waals surface area contributed by atoms with Gasteiger partial charge >= 0.3 is 0 Å². The van der Waals surface area contributed by atoms with Crippen molar-refractivity contribution in [1.82, 2.24) is 0 Å². The Bertz CT molecular complexity index is 274. The van der Waals surface area contributed by atoms with Crippen molar-refractivity contribution in [2.24, 2.45) is 0 Å². The van der Waals surface area contributed by atoms with Crippen molar-refractivity contribution < 1.29 is 4.79 Å². The fourth-order valence-electron chi connectivity index (χ4n) is 1.36. The summed E-state index contributed by atoms with van der Waals surface area (Å²) in [4.78, 5) is 10.4. The zero-order valence-electron chi connectivity index (χ0n) is 7.81. The summed E-state index contributed by atoms with van der Waals surface area (Å²) >= 11 is 0. The Balaban J connectivity index is 2.81. The molecule has 0 spiro atoms. The van der Waals surface area contributed by atoms with Crippen molar-refractivity contribution in [2.75, 3.05) is 0 Å². The van der Waals surface area contributed by atoms with Gasteiger partial charge in [-0.25, -0.2) is 0 Å². The fraction of sp³-hybridized carbons (Fsp3) is 0.250. The first-order valence-corrected chi connectivity index (χ1v) is 4.50. The van der Waals surface area contributed by atoms with E-state index in [9.17, 15) is 4.79 Å². The van der Waals surface area contributed by atoms with E-state index < -0.39 is 0 Å². The smallest absolute Gasteiger partial charge is 0.120 e. The number of aldehydes is 1. The van der Waals surface area contributed by atoms with Gasteiger partial charge in [0.2, 0.25) is 0 Å². The normalized spacial score (nSPS) is 13.0. The minimum atomic E-state index is 0.240. The first-order chi connectivity index (χ1) is 6.38. The first kappa shape index (κ1) is 9.72. The molecule has 0 amide bonds. The van der Waals surface area contributed by atoms with Crippen LogP contribution in [0.1, 0.15) is 24.8 Å². The summed E-state index contributed by atoms with van der Waals surface area (Å²) in [5, 5.41) is 0. The van der Waals surface area contributed by atoms with Gasteiger partial charge in [-0.3, -0.25) is 0 Å². The molecule has 1 rings (SSSR count). The SMILES string of the molecule is C/C=C\C(CC=O)c1ccccc1. The number of hydrogen-bond acceptors (Lipinski definition) is 1. The maximum atomic E-state index is 10.4. The molecule has 0 heterocycles. The Morgan fingerprint density at radius 3 is 2.54 bits per heavy atom. The summed E-state index contributed by atoms with van der Waals surface area (Å²) in [6.07, 6.45) is 5.58. The summed E-state index contributed by atoms with van der Waals surface area (Å²) in [5.74, 6) is 0.240. The van der Waals surface area contributed by atoms with Crippen molar-refractivity contribution in [3.63, 3.8) is 0 Å². The van der Waals surface area contributed by atoms with E-state index in [-0.39, 0.29) is 5.92 Å². The lowest BCUT2D eigenvalue weighted by atomic mass is 9.96. The highest BCUT2D eigenvalue weighted by atomic mass is 16.1. The summed E-state index contributed by atoms with van der Waals surface area (Å²) in [7, 11) is 0. The molecule has 1 aromatic carbocycles. The molecular formula is C12H14O. The van der Waals surface area contributed by atoms with Gasteiger partial charge in [0.05, 0.1) is 0 Å². The van der Waals surface area contributed by atoms with Crippen LogP contribution in [0.15, 0.2) is 42.5 Å². The largest absolute Gasteiger partial charge is 0.303 e. The van der Waals surface area contributed by atoms with E-state index in [1.807, 2.05) is 43.3 Å². The third kappa shape index (κ3) is 2.86. The molecule has 1 nitrogen and oxygen atoms in total. The van der Waals surface area contributed by atoms with Crippen LogP contribution in [0.5, 0.6) is 0 Å². The maximum absolute atomic E-state index is 10.4. The van der Waals surface area contributed by atoms with Gasteiger partial charge in [-0.05, 0) is 12.5 Å². The van der Waals surface area contributed by atoms with Gasteiger partial charge in [-0.2, -0.15) is 0 Å². The van der Waals surface area contributed by atoms with Crippen LogP contribution in [0.25, 0.3) is 0 Å². The summed E-state index contributed by atoms with van der Waals surface area (Å²) < 4.78 is 0. The van der Waals surface area contributed by atoms with E-state index in [1.165, 1.54) is 5.56 Å². The van der Waals surface area contributed by atoms with Crippen molar-refractivity contribution in [3.8, 4) is 0 Å². The monoisotopic (exact) mass is 174 g/mol. The molecule has 0 aromatic heterocycles. The molecule has 0 N–H and O–H groups in total. The number of rotatable bonds is 4. The molecule has 68 valence electrons. The summed E-state index contributed by atoms with van der Waals surface area (Å²) in [5.41, 5.74) is 1.20. The zero-order chi connectivity index (χ0) is 9.52. The molecule has 0 fully saturated rings. The number of benzene rings is 1. The molecule has 13 heavy (non-hydrogen) atoms. The van der Waals surface area contributed by atoms with Crippen molar-refractivity contribution in [3.05, 3.63) is 48.0 Å². The van der Waals surface area contributed by atoms with Gasteiger partial charge in [0, 0.05) is 12.3 Å². The fourth-order valence-corrected chi connectivity index (χ4v) is 1.36. The standard InChI is InChI=1S/C12H14O/c1-2-6-11(9-10-13)12-7-4-3-5-8-12/h2-8,10-11H,9H2,1H3/b6-2-. The topological polar surface area (TPSA) is 17.1 Å². The van der Waals surface area contributed by atoms with Crippen LogP contribution < -0.4 is 0 Å². The lowest BCUT2D eigenvalue weighted by Gasteiger charge is -2.08. The zero-order valence-corrected chi connectivity index (χ0v) is 7.81. The van der Waals surface area contributed by atoms with Gasteiger partial charge < -0.3 is 4.79 Å². The summed E-state index contributed by atoms with van der Waals surface area (Å²) in [6, 6.07) is 10.1. The predicted octanol–water partition coefficient (Wildman–Crippen LogP) is 2.94. The van der Waals surface area contributed by atoms with Crippen LogP contribution in [0, 0.1) is 0 Å². The van der Waals surface area contributed by atoms with E-state index >= 15 is 0 Å². The minimum absolute atomic E-state index is 0.240. The lowest BCUT2D eigenvalue weighted by molar-refractivity contribution is -0.108. The molecule has 0 saturated heterocycles. The highest BCUT2D eigenvalue weighted by molar-refractivity contribution is 5.52. The molecule has 1 heteroatoms. The van der Waals surface area contributed by atoms with E-state index in [4.69, 9.17) is 0 Å². The Hall–Kier alpha value is -1.37. The second kappa shape index (κ2) is 5.31. The van der Waals surface area contributed by atoms with E-state index in [2.05, 4.69) is 6.08 Å². The molecular weight excluding hydrogens is 160 g/mol. The van der Waals surface area contributed by atoms with Crippen LogP contribution in [0.2, 0.25) is 0 Å². The first-order valence-electron chi connectivity index (χ1n) is 4.50. The van der Waals surface area contributed by atoms with Crippen LogP contribution in [0.3, 0.4) is 0 Å². The number of allylic oxidation sites excluding steroid dienone is 2. The lowest BCUT2D eigenvalue weighted by Crippen LogP contribution is -1.95. The van der Waals surface area contributed by atoms with Gasteiger partial charge in [0.1, 0.15) is 6.29 Å². The van der Waals surface area contributed by atoms with Gasteiger partial charge in [-0.1, -0.05) is 42.5 Å². The average molecular weight is 174 g/mol. The molecule has 0 aliphatic carbocycles. The number of carbonyl (C=O) groups is 1. The van der Waals surface area contributed by atoms with Gasteiger partial charge in [-0.15, -0.1) is 0 Å². The van der Waals surface area contributed by atoms with E-state index in [0.717, 1.165) is 6.29 Å². The van der Waals surface area contributed by atoms with Crippen LogP contribution in [-0.4, -0.2) is 6.29 Å². The van der Waals surface area contributed by atoms with Crippen LogP contribution in [-0.2, 0) is 4.79 Å². The predicted molar refractivity (Wildman–Crippen MR) is 54.7 cm³/mol. The van der Waals surface area contributed by atoms with Crippen LogP contribution >= 0.6 is 0 Å². The Morgan fingerprint density at radius 1 is 1.31 bits per heavy atom. The third-order valence-electron chi connectivity index (χ3n) is 2.00. The third-order valence-corrected chi connectivity index (χ3v) is 2.00. The van der Waals surface area contributed by atoms with E-state index in [0.29, 0.717) is 6.42 Å². The molecule has 0 aliphatic heterocycles. The second-order valence-corrected chi connectivity index (χ2v) is 2.95. The molecule has 1 atom stereocenters. The molecule has 0 radical (unpaired) electrons. The van der Waals surface area contributed by atoms with Crippen molar-refractivity contribution >= 4 is 6.29 Å². The Kier molecular flexibility index (Phi) is 3.97. The van der Waals surface area contributed by atoms with E-state index in [1.54, 1.807) is 0 Å². The van der Waals surface area contributed by atoms with Gasteiger partial charge in [0.25, 0.3) is 0 Å². The molecule has 0 saturated carbocycles. The highest BCUT2D eigenvalue weighted by Gasteiger charge is 2.05. The van der Waals surface area contributed by atoms with Crippen molar-refractivity contribution in [2.45, 2.75) is 19.3 Å². The van der Waals surface area contributed by atoms with Crippen molar-refractivity contribution in [1.29, 1.82) is 0 Å².